The van der Waals surface area contributed by atoms with E-state index in [1.165, 1.54) is 30.8 Å². The molecule has 2 bridgehead atoms. The predicted molar refractivity (Wildman–Crippen MR) is 77.1 cm³/mol. The van der Waals surface area contributed by atoms with E-state index in [-0.39, 0.29) is 0 Å². The van der Waals surface area contributed by atoms with Gasteiger partial charge in [0.15, 0.2) is 0 Å². The average molecular weight is 244 g/mol. The summed E-state index contributed by atoms with van der Waals surface area (Å²) >= 11 is 0. The zero-order chi connectivity index (χ0) is 12.8. The molecule has 1 N–H and O–H groups in total. The van der Waals surface area contributed by atoms with Gasteiger partial charge >= 0.3 is 0 Å². The average Bonchev–Trinajstić information content (AvgIpc) is 2.59. The van der Waals surface area contributed by atoms with Gasteiger partial charge in [0.05, 0.1) is 0 Å². The van der Waals surface area contributed by atoms with Crippen molar-refractivity contribution in [1.29, 1.82) is 0 Å². The van der Waals surface area contributed by atoms with Crippen molar-refractivity contribution in [2.45, 2.75) is 33.2 Å². The second kappa shape index (κ2) is 4.27. The van der Waals surface area contributed by atoms with E-state index >= 15 is 0 Å². The number of piperidine rings is 1. The molecular weight excluding hydrogens is 220 g/mol. The van der Waals surface area contributed by atoms with Crippen molar-refractivity contribution >= 4 is 5.69 Å². The van der Waals surface area contributed by atoms with Crippen molar-refractivity contribution < 1.29 is 0 Å². The Kier molecular flexibility index (Phi) is 2.86. The molecule has 0 aromatic heterocycles. The molecule has 3 aliphatic heterocycles. The number of hydrogen-bond donors (Lipinski definition) is 1. The molecule has 4 rings (SSSR count). The van der Waals surface area contributed by atoms with Gasteiger partial charge < -0.3 is 10.2 Å². The standard InChI is InChI=1S/C16H24N2/c1-12-4-6-14(7-5-12)18-11-13-8-16(2,3)15(18)10-17-9-13/h4-7,13,15,17H,8-11H2,1-3H3/t13-,15?/m1/s1. The highest BCUT2D eigenvalue weighted by atomic mass is 15.2. The van der Waals surface area contributed by atoms with Crippen LogP contribution in [0.3, 0.4) is 0 Å². The first-order valence-electron chi connectivity index (χ1n) is 7.10. The molecule has 1 unspecified atom stereocenters. The summed E-state index contributed by atoms with van der Waals surface area (Å²) in [5, 5.41) is 3.63. The first kappa shape index (κ1) is 12.0. The number of anilines is 1. The minimum Gasteiger partial charge on any atom is -0.366 e. The second-order valence-electron chi connectivity index (χ2n) is 6.72. The Morgan fingerprint density at radius 2 is 1.89 bits per heavy atom. The van der Waals surface area contributed by atoms with Crippen LogP contribution in [0.5, 0.6) is 0 Å². The first-order valence-corrected chi connectivity index (χ1v) is 7.10. The van der Waals surface area contributed by atoms with Crippen LogP contribution >= 0.6 is 0 Å². The van der Waals surface area contributed by atoms with E-state index in [0.717, 1.165) is 12.5 Å². The molecule has 0 aliphatic carbocycles. The SMILES string of the molecule is Cc1ccc(N2C[C@H]3CNCC2C(C)(C)C3)cc1. The summed E-state index contributed by atoms with van der Waals surface area (Å²) in [5.41, 5.74) is 3.15. The van der Waals surface area contributed by atoms with Crippen LogP contribution in [0.25, 0.3) is 0 Å². The van der Waals surface area contributed by atoms with Crippen LogP contribution in [-0.4, -0.2) is 25.7 Å². The van der Waals surface area contributed by atoms with Gasteiger partial charge in [-0.2, -0.15) is 0 Å². The summed E-state index contributed by atoms with van der Waals surface area (Å²) < 4.78 is 0. The Hall–Kier alpha value is -1.02. The molecule has 3 heterocycles. The maximum absolute atomic E-state index is 3.63. The summed E-state index contributed by atoms with van der Waals surface area (Å²) in [5.74, 6) is 0.792. The largest absolute Gasteiger partial charge is 0.366 e. The lowest BCUT2D eigenvalue weighted by molar-refractivity contribution is 0.192. The fourth-order valence-corrected chi connectivity index (χ4v) is 3.74. The summed E-state index contributed by atoms with van der Waals surface area (Å²) in [6.45, 7) is 10.5. The molecule has 3 saturated heterocycles. The lowest BCUT2D eigenvalue weighted by Gasteiger charge is -2.48. The van der Waals surface area contributed by atoms with E-state index in [9.17, 15) is 0 Å². The number of aryl methyl sites for hydroxylation is 1. The zero-order valence-corrected chi connectivity index (χ0v) is 11.7. The molecule has 0 saturated carbocycles. The summed E-state index contributed by atoms with van der Waals surface area (Å²) in [6.07, 6.45) is 1.35. The molecule has 18 heavy (non-hydrogen) atoms. The molecule has 98 valence electrons. The van der Waals surface area contributed by atoms with E-state index in [1.54, 1.807) is 0 Å². The van der Waals surface area contributed by atoms with Gasteiger partial charge in [0.2, 0.25) is 0 Å². The number of hydrogen-bond acceptors (Lipinski definition) is 2. The highest BCUT2D eigenvalue weighted by molar-refractivity contribution is 5.50. The number of rotatable bonds is 1. The maximum Gasteiger partial charge on any atom is 0.0465 e. The highest BCUT2D eigenvalue weighted by Crippen LogP contribution is 2.41. The molecule has 3 fully saturated rings. The third-order valence-corrected chi connectivity index (χ3v) is 4.68. The molecule has 3 aliphatic rings. The predicted octanol–water partition coefficient (Wildman–Crippen LogP) is 2.82. The lowest BCUT2D eigenvalue weighted by Crippen LogP contribution is -2.53. The van der Waals surface area contributed by atoms with Crippen molar-refractivity contribution in [3.63, 3.8) is 0 Å². The third-order valence-electron chi connectivity index (χ3n) is 4.68. The van der Waals surface area contributed by atoms with Gasteiger partial charge in [-0.25, -0.2) is 0 Å². The van der Waals surface area contributed by atoms with Crippen LogP contribution in [-0.2, 0) is 0 Å². The molecule has 1 aromatic carbocycles. The molecule has 2 heteroatoms. The van der Waals surface area contributed by atoms with E-state index < -0.39 is 0 Å². The first-order chi connectivity index (χ1) is 8.56. The Labute approximate surface area is 110 Å². The Bertz CT molecular complexity index is 421. The molecule has 1 aromatic rings. The van der Waals surface area contributed by atoms with E-state index in [4.69, 9.17) is 0 Å². The number of nitrogens with one attached hydrogen (secondary N) is 1. The smallest absolute Gasteiger partial charge is 0.0465 e. The molecule has 0 amide bonds. The van der Waals surface area contributed by atoms with Crippen molar-refractivity contribution in [1.82, 2.24) is 5.32 Å². The van der Waals surface area contributed by atoms with Crippen LogP contribution < -0.4 is 10.2 Å². The fraction of sp³-hybridized carbons (Fsp3) is 0.625. The highest BCUT2D eigenvalue weighted by Gasteiger charge is 2.43. The number of nitrogens with zero attached hydrogens (tertiary/aromatic N) is 1. The van der Waals surface area contributed by atoms with Gasteiger partial charge in [0.1, 0.15) is 0 Å². The summed E-state index contributed by atoms with van der Waals surface area (Å²) in [7, 11) is 0. The van der Waals surface area contributed by atoms with Gasteiger partial charge in [-0.1, -0.05) is 31.5 Å². The number of fused-ring (bicyclic) bond motifs is 4. The van der Waals surface area contributed by atoms with Crippen molar-refractivity contribution in [2.75, 3.05) is 24.5 Å². The topological polar surface area (TPSA) is 15.3 Å². The number of benzene rings is 1. The van der Waals surface area contributed by atoms with Crippen molar-refractivity contribution in [3.8, 4) is 0 Å². The minimum atomic E-state index is 0.414. The minimum absolute atomic E-state index is 0.414. The zero-order valence-electron chi connectivity index (χ0n) is 11.7. The monoisotopic (exact) mass is 244 g/mol. The maximum atomic E-state index is 3.63. The van der Waals surface area contributed by atoms with Crippen LogP contribution in [0.1, 0.15) is 25.8 Å². The Morgan fingerprint density at radius 3 is 2.61 bits per heavy atom. The van der Waals surface area contributed by atoms with Gasteiger partial charge in [0.25, 0.3) is 0 Å². The lowest BCUT2D eigenvalue weighted by atomic mass is 9.73. The van der Waals surface area contributed by atoms with Gasteiger partial charge in [-0.3, -0.25) is 0 Å². The Morgan fingerprint density at radius 1 is 1.17 bits per heavy atom. The second-order valence-corrected chi connectivity index (χ2v) is 6.72. The summed E-state index contributed by atoms with van der Waals surface area (Å²) in [4.78, 5) is 2.63. The van der Waals surface area contributed by atoms with E-state index in [0.29, 0.717) is 11.5 Å². The van der Waals surface area contributed by atoms with Crippen LogP contribution in [0, 0.1) is 18.3 Å². The van der Waals surface area contributed by atoms with Crippen LogP contribution in [0.4, 0.5) is 5.69 Å². The van der Waals surface area contributed by atoms with Gasteiger partial charge in [0, 0.05) is 24.8 Å². The van der Waals surface area contributed by atoms with E-state index in [1.807, 2.05) is 0 Å². The van der Waals surface area contributed by atoms with Crippen LogP contribution in [0.15, 0.2) is 24.3 Å². The van der Waals surface area contributed by atoms with E-state index in [2.05, 4.69) is 55.3 Å². The molecular formula is C16H24N2. The van der Waals surface area contributed by atoms with Crippen molar-refractivity contribution in [3.05, 3.63) is 29.8 Å². The van der Waals surface area contributed by atoms with Gasteiger partial charge in [-0.15, -0.1) is 0 Å². The molecule has 2 nitrogen and oxygen atoms in total. The normalized spacial score (nSPS) is 30.3. The quantitative estimate of drug-likeness (QED) is 0.817. The van der Waals surface area contributed by atoms with Crippen LogP contribution in [0.2, 0.25) is 0 Å². The third kappa shape index (κ3) is 2.03. The molecule has 0 spiro atoms. The van der Waals surface area contributed by atoms with Gasteiger partial charge in [-0.05, 0) is 43.4 Å². The molecule has 2 atom stereocenters. The van der Waals surface area contributed by atoms with Crippen molar-refractivity contribution in [2.24, 2.45) is 11.3 Å². The fourth-order valence-electron chi connectivity index (χ4n) is 3.74. The Balaban J connectivity index is 1.94. The summed E-state index contributed by atoms with van der Waals surface area (Å²) in [6, 6.07) is 9.65. The molecule has 0 radical (unpaired) electrons.